The summed E-state index contributed by atoms with van der Waals surface area (Å²) in [5.41, 5.74) is 0. The molecule has 41 heavy (non-hydrogen) atoms. The van der Waals surface area contributed by atoms with Crippen LogP contribution < -0.4 is 0 Å². The summed E-state index contributed by atoms with van der Waals surface area (Å²) in [7, 11) is 0. The first-order chi connectivity index (χ1) is 20.1. The molecule has 0 spiro atoms. The third kappa shape index (κ3) is 22.9. The average molecular weight is 581 g/mol. The summed E-state index contributed by atoms with van der Waals surface area (Å²) in [6.07, 6.45) is 28.6. The van der Waals surface area contributed by atoms with Crippen molar-refractivity contribution in [3.63, 3.8) is 0 Å². The Morgan fingerprint density at radius 2 is 1.12 bits per heavy atom. The van der Waals surface area contributed by atoms with Gasteiger partial charge < -0.3 is 19.6 Å². The van der Waals surface area contributed by atoms with Crippen molar-refractivity contribution < 1.29 is 19.4 Å². The number of nitrogens with zero attached hydrogens (tertiary/aromatic N) is 2. The van der Waals surface area contributed by atoms with Gasteiger partial charge in [-0.3, -0.25) is 4.79 Å². The van der Waals surface area contributed by atoms with Gasteiger partial charge in [0.1, 0.15) is 0 Å². The molecule has 242 valence electrons. The Morgan fingerprint density at radius 1 is 0.659 bits per heavy atom. The van der Waals surface area contributed by atoms with Crippen LogP contribution in [0, 0.1) is 5.92 Å². The van der Waals surface area contributed by atoms with Crippen molar-refractivity contribution in [2.45, 2.75) is 168 Å². The first kappa shape index (κ1) is 37.7. The van der Waals surface area contributed by atoms with Gasteiger partial charge in [0.2, 0.25) is 0 Å². The third-order valence-electron chi connectivity index (χ3n) is 8.93. The zero-order valence-electron chi connectivity index (χ0n) is 27.4. The zero-order chi connectivity index (χ0) is 29.8. The Morgan fingerprint density at radius 3 is 1.63 bits per heavy atom. The Labute approximate surface area is 254 Å². The number of likely N-dealkylation sites (tertiary alicyclic amines) is 1. The highest BCUT2D eigenvalue weighted by Crippen LogP contribution is 2.21. The molecule has 6 heteroatoms. The second kappa shape index (κ2) is 27.5. The van der Waals surface area contributed by atoms with Crippen LogP contribution in [-0.4, -0.2) is 66.3 Å². The van der Waals surface area contributed by atoms with E-state index in [0.717, 1.165) is 58.0 Å². The number of carboxylic acid groups (broad SMARTS) is 1. The monoisotopic (exact) mass is 581 g/mol. The van der Waals surface area contributed by atoms with Crippen molar-refractivity contribution in [2.24, 2.45) is 5.92 Å². The Balaban J connectivity index is 2.20. The minimum atomic E-state index is -0.770. The summed E-state index contributed by atoms with van der Waals surface area (Å²) in [6, 6.07) is 0. The highest BCUT2D eigenvalue weighted by molar-refractivity contribution is 5.69. The molecule has 0 atom stereocenters. The Kier molecular flexibility index (Phi) is 25.3. The van der Waals surface area contributed by atoms with Gasteiger partial charge in [0.15, 0.2) is 0 Å². The van der Waals surface area contributed by atoms with Crippen LogP contribution in [0.1, 0.15) is 168 Å². The van der Waals surface area contributed by atoms with Crippen molar-refractivity contribution in [3.05, 3.63) is 0 Å². The fourth-order valence-corrected chi connectivity index (χ4v) is 6.04. The molecule has 1 heterocycles. The summed E-state index contributed by atoms with van der Waals surface area (Å²) in [6.45, 7) is 9.86. The number of hydrogen-bond donors (Lipinski definition) is 1. The molecule has 1 saturated heterocycles. The molecular formula is C35H68N2O4. The first-order valence-electron chi connectivity index (χ1n) is 17.9. The quantitative estimate of drug-likeness (QED) is 0.0736. The molecule has 0 aliphatic carbocycles. The van der Waals surface area contributed by atoms with Gasteiger partial charge in [-0.15, -0.1) is 0 Å². The van der Waals surface area contributed by atoms with Crippen molar-refractivity contribution in [1.82, 2.24) is 9.80 Å². The van der Waals surface area contributed by atoms with Crippen LogP contribution in [-0.2, 0) is 9.53 Å². The smallest absolute Gasteiger partial charge is 0.407 e. The van der Waals surface area contributed by atoms with Gasteiger partial charge in [-0.1, -0.05) is 117 Å². The highest BCUT2D eigenvalue weighted by atomic mass is 16.5. The second-order valence-corrected chi connectivity index (χ2v) is 12.7. The zero-order valence-corrected chi connectivity index (χ0v) is 27.4. The average Bonchev–Trinajstić information content (AvgIpc) is 2.97. The minimum Gasteiger partial charge on any atom is -0.466 e. The number of piperidine rings is 1. The molecule has 0 aromatic heterocycles. The molecule has 0 radical (unpaired) electrons. The van der Waals surface area contributed by atoms with Crippen LogP contribution in [0.15, 0.2) is 0 Å². The molecule has 6 nitrogen and oxygen atoms in total. The van der Waals surface area contributed by atoms with Gasteiger partial charge in [0, 0.05) is 19.5 Å². The van der Waals surface area contributed by atoms with E-state index in [9.17, 15) is 14.7 Å². The minimum absolute atomic E-state index is 0.0263. The molecule has 0 unspecified atom stereocenters. The van der Waals surface area contributed by atoms with E-state index in [-0.39, 0.29) is 5.97 Å². The van der Waals surface area contributed by atoms with E-state index in [1.54, 1.807) is 4.90 Å². The fourth-order valence-electron chi connectivity index (χ4n) is 6.04. The van der Waals surface area contributed by atoms with Gasteiger partial charge in [-0.05, 0) is 70.5 Å². The molecular weight excluding hydrogens is 512 g/mol. The van der Waals surface area contributed by atoms with Gasteiger partial charge in [-0.25, -0.2) is 4.79 Å². The summed E-state index contributed by atoms with van der Waals surface area (Å²) < 4.78 is 5.42. The first-order valence-corrected chi connectivity index (χ1v) is 17.9. The molecule has 0 aromatic carbocycles. The maximum absolute atomic E-state index is 12.0. The number of carbonyl (C=O) groups is 2. The highest BCUT2D eigenvalue weighted by Gasteiger charge is 2.22. The summed E-state index contributed by atoms with van der Waals surface area (Å²) in [4.78, 5) is 27.5. The van der Waals surface area contributed by atoms with Gasteiger partial charge in [0.05, 0.1) is 6.61 Å². The topological polar surface area (TPSA) is 70.1 Å². The molecule has 0 aromatic rings. The molecule has 1 fully saturated rings. The number of ether oxygens (including phenoxy) is 1. The van der Waals surface area contributed by atoms with Crippen LogP contribution in [0.5, 0.6) is 0 Å². The second-order valence-electron chi connectivity index (χ2n) is 12.7. The van der Waals surface area contributed by atoms with Gasteiger partial charge >= 0.3 is 12.1 Å². The predicted octanol–water partition coefficient (Wildman–Crippen LogP) is 9.84. The van der Waals surface area contributed by atoms with E-state index in [0.29, 0.717) is 32.0 Å². The number of esters is 1. The number of hydrogen-bond acceptors (Lipinski definition) is 4. The molecule has 1 N–H and O–H groups in total. The van der Waals surface area contributed by atoms with Gasteiger partial charge in [0.25, 0.3) is 0 Å². The molecule has 1 amide bonds. The number of carbonyl (C=O) groups excluding carboxylic acids is 1. The summed E-state index contributed by atoms with van der Waals surface area (Å²) >= 11 is 0. The fraction of sp³-hybridized carbons (Fsp3) is 0.943. The number of amides is 1. The number of unbranched alkanes of at least 4 members (excludes halogenated alkanes) is 17. The van der Waals surface area contributed by atoms with Crippen molar-refractivity contribution >= 4 is 12.1 Å². The lowest BCUT2D eigenvalue weighted by Gasteiger charge is -2.31. The van der Waals surface area contributed by atoms with Crippen molar-refractivity contribution in [2.75, 3.05) is 39.3 Å². The van der Waals surface area contributed by atoms with Crippen LogP contribution >= 0.6 is 0 Å². The van der Waals surface area contributed by atoms with E-state index in [4.69, 9.17) is 4.74 Å². The molecule has 0 bridgehead atoms. The van der Waals surface area contributed by atoms with Crippen molar-refractivity contribution in [1.29, 1.82) is 0 Å². The maximum atomic E-state index is 12.0. The SMILES string of the molecule is CCCCCCCCCCCCCCN(CCCCCC(=O)OCCCCCCC)CCC1CCN(C(=O)O)CC1. The predicted molar refractivity (Wildman–Crippen MR) is 173 cm³/mol. The largest absolute Gasteiger partial charge is 0.466 e. The van der Waals surface area contributed by atoms with Crippen LogP contribution in [0.4, 0.5) is 4.79 Å². The van der Waals surface area contributed by atoms with Gasteiger partial charge in [-0.2, -0.15) is 0 Å². The maximum Gasteiger partial charge on any atom is 0.407 e. The summed E-state index contributed by atoms with van der Waals surface area (Å²) in [5.74, 6) is 0.619. The standard InChI is InChI=1S/C35H68N2O4/c1-3-5-7-9-10-11-12-13-14-15-16-20-27-36(29-24-33-25-30-37(31-26-33)35(39)40)28-21-18-19-23-34(38)41-32-22-17-8-6-4-2/h33H,3-32H2,1-2H3,(H,39,40). The number of rotatable bonds is 28. The lowest BCUT2D eigenvalue weighted by Crippen LogP contribution is -2.38. The molecule has 1 aliphatic heterocycles. The molecule has 1 aliphatic rings. The Bertz CT molecular complexity index is 607. The van der Waals surface area contributed by atoms with Crippen LogP contribution in [0.25, 0.3) is 0 Å². The normalized spacial score (nSPS) is 14.2. The van der Waals surface area contributed by atoms with Crippen LogP contribution in [0.2, 0.25) is 0 Å². The van der Waals surface area contributed by atoms with Crippen LogP contribution in [0.3, 0.4) is 0 Å². The summed E-state index contributed by atoms with van der Waals surface area (Å²) in [5, 5.41) is 9.23. The van der Waals surface area contributed by atoms with E-state index in [2.05, 4.69) is 18.7 Å². The van der Waals surface area contributed by atoms with E-state index in [1.807, 2.05) is 0 Å². The van der Waals surface area contributed by atoms with E-state index < -0.39 is 6.09 Å². The lowest BCUT2D eigenvalue weighted by atomic mass is 9.93. The molecule has 0 saturated carbocycles. The lowest BCUT2D eigenvalue weighted by molar-refractivity contribution is -0.143. The third-order valence-corrected chi connectivity index (χ3v) is 8.93. The van der Waals surface area contributed by atoms with Crippen molar-refractivity contribution in [3.8, 4) is 0 Å². The molecule has 1 rings (SSSR count). The van der Waals surface area contributed by atoms with E-state index in [1.165, 1.54) is 109 Å². The van der Waals surface area contributed by atoms with E-state index >= 15 is 0 Å². The Hall–Kier alpha value is -1.30.